The summed E-state index contributed by atoms with van der Waals surface area (Å²) in [5.74, 6) is 0. The van der Waals surface area contributed by atoms with Crippen LogP contribution in [-0.4, -0.2) is 25.7 Å². The Morgan fingerprint density at radius 2 is 1.60 bits per heavy atom. The largest absolute Gasteiger partial charge is 0.391 e. The summed E-state index contributed by atoms with van der Waals surface area (Å²) in [5.41, 5.74) is 0.212. The maximum absolute atomic E-state index is 13.2. The number of sulfonamides is 1. The molecule has 0 aliphatic heterocycles. The minimum atomic E-state index is -3.99. The van der Waals surface area contributed by atoms with Crippen molar-refractivity contribution in [2.45, 2.75) is 37.3 Å². The predicted molar refractivity (Wildman–Crippen MR) is 103 cm³/mol. The third-order valence-corrected chi connectivity index (χ3v) is 6.58. The lowest BCUT2D eigenvalue weighted by Gasteiger charge is -2.33. The Labute approximate surface area is 163 Å². The molecule has 0 aliphatic rings. The molecule has 25 heavy (non-hydrogen) atoms. The number of aliphatic hydroxyl groups excluding tert-OH is 1. The Kier molecular flexibility index (Phi) is 6.62. The van der Waals surface area contributed by atoms with Crippen LogP contribution in [0.5, 0.6) is 0 Å². The van der Waals surface area contributed by atoms with E-state index in [1.165, 1.54) is 36.4 Å². The Balaban J connectivity index is 2.66. The summed E-state index contributed by atoms with van der Waals surface area (Å²) in [4.78, 5) is 0.0445. The molecule has 2 rings (SSSR count). The van der Waals surface area contributed by atoms with E-state index < -0.39 is 22.2 Å². The van der Waals surface area contributed by atoms with Gasteiger partial charge in [0.1, 0.15) is 0 Å². The molecule has 0 aliphatic carbocycles. The molecule has 2 aromatic carbocycles. The molecule has 1 N–H and O–H groups in total. The highest BCUT2D eigenvalue weighted by Crippen LogP contribution is 2.35. The fourth-order valence-electron chi connectivity index (χ4n) is 2.44. The van der Waals surface area contributed by atoms with E-state index in [0.29, 0.717) is 16.5 Å². The first kappa shape index (κ1) is 20.3. The van der Waals surface area contributed by atoms with Gasteiger partial charge in [-0.2, -0.15) is 0 Å². The topological polar surface area (TPSA) is 57.6 Å². The van der Waals surface area contributed by atoms with Gasteiger partial charge in [0.05, 0.1) is 27.8 Å². The van der Waals surface area contributed by atoms with Gasteiger partial charge < -0.3 is 5.11 Å². The second-order valence-electron chi connectivity index (χ2n) is 5.57. The molecule has 2 unspecified atom stereocenters. The van der Waals surface area contributed by atoms with Gasteiger partial charge in [-0.1, -0.05) is 41.7 Å². The molecule has 8 heteroatoms. The fraction of sp³-hybridized carbons (Fsp3) is 0.294. The van der Waals surface area contributed by atoms with Crippen molar-refractivity contribution in [2.75, 3.05) is 4.31 Å². The first-order chi connectivity index (χ1) is 11.7. The maximum atomic E-state index is 13.2. The summed E-state index contributed by atoms with van der Waals surface area (Å²) in [7, 11) is -3.99. The van der Waals surface area contributed by atoms with Crippen LogP contribution in [0.15, 0.2) is 47.4 Å². The molecule has 0 aromatic heterocycles. The smallest absolute Gasteiger partial charge is 0.264 e. The summed E-state index contributed by atoms with van der Waals surface area (Å²) in [6.45, 7) is 3.40. The maximum Gasteiger partial charge on any atom is 0.264 e. The van der Waals surface area contributed by atoms with Crippen LogP contribution in [0.4, 0.5) is 5.69 Å². The molecule has 0 amide bonds. The number of rotatable bonds is 6. The summed E-state index contributed by atoms with van der Waals surface area (Å²) >= 11 is 18.1. The quantitative estimate of drug-likeness (QED) is 0.712. The van der Waals surface area contributed by atoms with E-state index in [2.05, 4.69) is 0 Å². The van der Waals surface area contributed by atoms with E-state index in [4.69, 9.17) is 34.8 Å². The van der Waals surface area contributed by atoms with E-state index in [9.17, 15) is 13.5 Å². The Hall–Kier alpha value is -0.980. The number of halogens is 3. The number of benzene rings is 2. The van der Waals surface area contributed by atoms with Gasteiger partial charge in [-0.3, -0.25) is 4.31 Å². The number of anilines is 1. The Morgan fingerprint density at radius 1 is 1.04 bits per heavy atom. The van der Waals surface area contributed by atoms with Crippen LogP contribution in [-0.2, 0) is 10.0 Å². The lowest BCUT2D eigenvalue weighted by atomic mass is 10.1. The molecule has 0 saturated heterocycles. The minimum Gasteiger partial charge on any atom is -0.391 e. The molecule has 0 bridgehead atoms. The molecule has 136 valence electrons. The van der Waals surface area contributed by atoms with Gasteiger partial charge in [-0.25, -0.2) is 8.42 Å². The van der Waals surface area contributed by atoms with Gasteiger partial charge in [-0.15, -0.1) is 0 Å². The van der Waals surface area contributed by atoms with Crippen molar-refractivity contribution in [1.82, 2.24) is 0 Å². The van der Waals surface area contributed by atoms with Gasteiger partial charge in [-0.05, 0) is 55.8 Å². The normalized spacial score (nSPS) is 14.2. The minimum absolute atomic E-state index is 0.0445. The first-order valence-electron chi connectivity index (χ1n) is 7.61. The lowest BCUT2D eigenvalue weighted by molar-refractivity contribution is 0.148. The second kappa shape index (κ2) is 8.14. The number of hydrogen-bond acceptors (Lipinski definition) is 3. The molecule has 0 heterocycles. The number of hydrogen-bond donors (Lipinski definition) is 1. The van der Waals surface area contributed by atoms with Crippen LogP contribution in [0.1, 0.15) is 20.3 Å². The van der Waals surface area contributed by atoms with Crippen molar-refractivity contribution < 1.29 is 13.5 Å². The van der Waals surface area contributed by atoms with Crippen LogP contribution in [0.25, 0.3) is 0 Å². The first-order valence-corrected chi connectivity index (χ1v) is 10.2. The summed E-state index contributed by atoms with van der Waals surface area (Å²) in [5, 5.41) is 11.3. The lowest BCUT2D eigenvalue weighted by Crippen LogP contribution is -2.45. The third-order valence-electron chi connectivity index (χ3n) is 3.86. The second-order valence-corrected chi connectivity index (χ2v) is 8.66. The van der Waals surface area contributed by atoms with Crippen molar-refractivity contribution in [1.29, 1.82) is 0 Å². The molecule has 0 radical (unpaired) electrons. The van der Waals surface area contributed by atoms with Crippen LogP contribution < -0.4 is 4.31 Å². The standard InChI is InChI=1S/C17H18Cl3NO3S/c1-3-17(22)11(2)21(16-10-13(19)6-9-15(16)20)25(23,24)14-7-4-12(18)5-8-14/h4-11,17,22H,3H2,1-2H3. The average molecular weight is 423 g/mol. The molecule has 0 saturated carbocycles. The van der Waals surface area contributed by atoms with Gasteiger partial charge in [0, 0.05) is 10.0 Å². The van der Waals surface area contributed by atoms with Crippen molar-refractivity contribution in [3.05, 3.63) is 57.5 Å². The zero-order valence-corrected chi connectivity index (χ0v) is 16.7. The zero-order chi connectivity index (χ0) is 18.8. The van der Waals surface area contributed by atoms with E-state index in [-0.39, 0.29) is 15.6 Å². The van der Waals surface area contributed by atoms with Gasteiger partial charge in [0.25, 0.3) is 10.0 Å². The highest BCUT2D eigenvalue weighted by Gasteiger charge is 2.34. The monoisotopic (exact) mass is 421 g/mol. The van der Waals surface area contributed by atoms with Crippen LogP contribution >= 0.6 is 34.8 Å². The molecular weight excluding hydrogens is 405 g/mol. The zero-order valence-electron chi connectivity index (χ0n) is 13.7. The van der Waals surface area contributed by atoms with Gasteiger partial charge >= 0.3 is 0 Å². The fourth-order valence-corrected chi connectivity index (χ4v) is 4.69. The van der Waals surface area contributed by atoms with Crippen LogP contribution in [0.3, 0.4) is 0 Å². The summed E-state index contributed by atoms with van der Waals surface area (Å²) < 4.78 is 27.6. The number of nitrogens with zero attached hydrogens (tertiary/aromatic N) is 1. The van der Waals surface area contributed by atoms with Crippen LogP contribution in [0.2, 0.25) is 15.1 Å². The molecule has 2 atom stereocenters. The highest BCUT2D eigenvalue weighted by atomic mass is 35.5. The van der Waals surface area contributed by atoms with Gasteiger partial charge in [0.15, 0.2) is 0 Å². The SMILES string of the molecule is CCC(O)C(C)N(c1cc(Cl)ccc1Cl)S(=O)(=O)c1ccc(Cl)cc1. The average Bonchev–Trinajstić information content (AvgIpc) is 2.57. The van der Waals surface area contributed by atoms with Crippen molar-refractivity contribution in [3.8, 4) is 0 Å². The molecule has 2 aromatic rings. The van der Waals surface area contributed by atoms with Crippen molar-refractivity contribution in [2.24, 2.45) is 0 Å². The molecule has 0 fully saturated rings. The molecular formula is C17H18Cl3NO3S. The predicted octanol–water partition coefficient (Wildman–Crippen LogP) is 5.00. The Bertz CT molecular complexity index is 841. The summed E-state index contributed by atoms with van der Waals surface area (Å²) in [6, 6.07) is 9.62. The molecule has 0 spiro atoms. The third kappa shape index (κ3) is 4.41. The summed E-state index contributed by atoms with van der Waals surface area (Å²) in [6.07, 6.45) is -0.497. The van der Waals surface area contributed by atoms with E-state index in [1.54, 1.807) is 19.9 Å². The Morgan fingerprint density at radius 3 is 2.16 bits per heavy atom. The molecule has 4 nitrogen and oxygen atoms in total. The van der Waals surface area contributed by atoms with E-state index >= 15 is 0 Å². The van der Waals surface area contributed by atoms with Gasteiger partial charge in [0.2, 0.25) is 0 Å². The van der Waals surface area contributed by atoms with Crippen molar-refractivity contribution >= 4 is 50.5 Å². The van der Waals surface area contributed by atoms with E-state index in [0.717, 1.165) is 4.31 Å². The van der Waals surface area contributed by atoms with E-state index in [1.807, 2.05) is 0 Å². The number of aliphatic hydroxyl groups is 1. The van der Waals surface area contributed by atoms with Crippen LogP contribution in [0, 0.1) is 0 Å². The highest BCUT2D eigenvalue weighted by molar-refractivity contribution is 7.92. The van der Waals surface area contributed by atoms with Crippen molar-refractivity contribution in [3.63, 3.8) is 0 Å².